The summed E-state index contributed by atoms with van der Waals surface area (Å²) in [6.07, 6.45) is 74.3. The number of nitrogens with zero attached hydrogens (tertiary/aromatic N) is 2. The van der Waals surface area contributed by atoms with Gasteiger partial charge in [-0.2, -0.15) is 0 Å². The summed E-state index contributed by atoms with van der Waals surface area (Å²) in [5, 5.41) is 0. The van der Waals surface area contributed by atoms with Crippen LogP contribution in [0.2, 0.25) is 0 Å². The highest BCUT2D eigenvalue weighted by molar-refractivity contribution is 5.69. The van der Waals surface area contributed by atoms with Crippen LogP contribution < -0.4 is 0 Å². The minimum absolute atomic E-state index is 0.111. The molecule has 0 aromatic rings. The minimum Gasteiger partial charge on any atom is -0.486 e. The smallest absolute Gasteiger partial charge is 0.125 e. The van der Waals surface area contributed by atoms with Gasteiger partial charge in [-0.1, -0.05) is 89.6 Å². The summed E-state index contributed by atoms with van der Waals surface area (Å²) in [4.78, 5) is 5.96. The van der Waals surface area contributed by atoms with Crippen molar-refractivity contribution in [2.24, 2.45) is 35.0 Å². The molecular weight excluding hydrogens is 913 g/mol. The van der Waals surface area contributed by atoms with Gasteiger partial charge in [-0.25, -0.2) is 0 Å². The summed E-state index contributed by atoms with van der Waals surface area (Å²) in [6, 6.07) is 1.76. The Bertz CT molecular complexity index is 2870. The number of ether oxygens (including phenoxy) is 2. The lowest BCUT2D eigenvalue weighted by atomic mass is 9.59. The lowest BCUT2D eigenvalue weighted by molar-refractivity contribution is 0.138. The Labute approximate surface area is 450 Å². The summed E-state index contributed by atoms with van der Waals surface area (Å²) < 4.78 is 13.6. The highest BCUT2D eigenvalue weighted by atomic mass is 16.5. The zero-order chi connectivity index (χ0) is 50.0. The van der Waals surface area contributed by atoms with Gasteiger partial charge in [0, 0.05) is 53.5 Å². The minimum atomic E-state index is -0.111. The summed E-state index contributed by atoms with van der Waals surface area (Å²) in [7, 11) is 0. The second-order valence-corrected chi connectivity index (χ2v) is 25.1. The molecule has 75 heavy (non-hydrogen) atoms. The number of allylic oxidation sites excluding steroid dienone is 25. The summed E-state index contributed by atoms with van der Waals surface area (Å²) in [6.45, 7) is 8.21. The maximum atomic E-state index is 6.92. The number of hydrogen-bond acceptors (Lipinski definition) is 4. The van der Waals surface area contributed by atoms with Crippen molar-refractivity contribution in [2.45, 2.75) is 198 Å². The van der Waals surface area contributed by atoms with Crippen molar-refractivity contribution in [2.75, 3.05) is 0 Å². The first kappa shape index (κ1) is 48.2. The third-order valence-corrected chi connectivity index (χ3v) is 21.3. The fraction of sp³-hybridized carbons (Fsp3) is 0.521. The van der Waals surface area contributed by atoms with E-state index >= 15 is 0 Å². The number of rotatable bonds is 11. The van der Waals surface area contributed by atoms with Crippen molar-refractivity contribution in [3.8, 4) is 0 Å². The van der Waals surface area contributed by atoms with Gasteiger partial charge >= 0.3 is 0 Å². The second-order valence-electron chi connectivity index (χ2n) is 25.1. The molecular formula is C71H84N2O2. The lowest BCUT2D eigenvalue weighted by Crippen LogP contribution is -2.43. The SMILES string of the molecule is C=CC1C=CC(OC2=CC=C(C3(C4=CCCCC4)C4=C(C=CCC4)C4=C3CC(N(C3=CCC(C5=CC6C7=CCCC=C7N(C7CCC(C=C)CC7)C6CC5)CC3)C3=CC5OC6=C(CCC=C6)C5CC3)CC4)CC2)=CC1. The van der Waals surface area contributed by atoms with Crippen LogP contribution in [0.4, 0.5) is 0 Å². The average molecular weight is 997 g/mol. The maximum absolute atomic E-state index is 6.92. The quantitative estimate of drug-likeness (QED) is 0.193. The zero-order valence-electron chi connectivity index (χ0n) is 45.2. The third kappa shape index (κ3) is 8.43. The summed E-state index contributed by atoms with van der Waals surface area (Å²) in [5.74, 6) is 6.13. The third-order valence-electron chi connectivity index (χ3n) is 21.3. The molecule has 0 aromatic carbocycles. The Balaban J connectivity index is 0.788. The molecule has 390 valence electrons. The highest BCUT2D eigenvalue weighted by Crippen LogP contribution is 2.65. The number of hydrogen-bond donors (Lipinski definition) is 0. The van der Waals surface area contributed by atoms with E-state index in [0.29, 0.717) is 47.7 Å². The second kappa shape index (κ2) is 20.3. The standard InChI is InChI=1S/C71H84N2O2/c1-3-47-22-31-54(32-23-47)73-67-20-12-9-17-61(67)64-44-50(28-43-68(64)73)49-26-33-53(34-27-49)72(56-36-42-63-62-18-10-13-21-69(62)75-70(63)46-56)55-35-41-60-59-16-8-11-19-65(59)71(66(60)45-55,51-14-6-5-7-15-51)52-29-39-58(40-30-52)74-57-37-24-48(4-2)25-38-57/h3-4,8,13-14,16-17,20-21,24,29,33,37-39,44,46-49,54-55,63-64,68,70H,1-2,5-7,9-12,15,18-19,22-23,25-28,30-32,34-36,40-43,45H2. The van der Waals surface area contributed by atoms with Crippen molar-refractivity contribution >= 4 is 0 Å². The first-order valence-electron chi connectivity index (χ1n) is 30.7. The Morgan fingerprint density at radius 2 is 1.57 bits per heavy atom. The van der Waals surface area contributed by atoms with E-state index < -0.39 is 0 Å². The van der Waals surface area contributed by atoms with Crippen LogP contribution in [0.5, 0.6) is 0 Å². The molecule has 4 nitrogen and oxygen atoms in total. The van der Waals surface area contributed by atoms with Crippen LogP contribution in [0.15, 0.2) is 201 Å². The lowest BCUT2D eigenvalue weighted by Gasteiger charge is -2.48. The van der Waals surface area contributed by atoms with Crippen LogP contribution in [-0.4, -0.2) is 34.0 Å². The van der Waals surface area contributed by atoms with Gasteiger partial charge in [-0.3, -0.25) is 0 Å². The molecule has 2 aliphatic heterocycles. The Morgan fingerprint density at radius 1 is 0.680 bits per heavy atom. The van der Waals surface area contributed by atoms with Gasteiger partial charge in [0.05, 0.1) is 5.41 Å². The molecule has 14 rings (SSSR count). The largest absolute Gasteiger partial charge is 0.486 e. The first-order valence-corrected chi connectivity index (χ1v) is 30.7. The van der Waals surface area contributed by atoms with E-state index in [4.69, 9.17) is 9.47 Å². The van der Waals surface area contributed by atoms with Crippen LogP contribution >= 0.6 is 0 Å². The van der Waals surface area contributed by atoms with Gasteiger partial charge in [0.1, 0.15) is 23.4 Å². The molecule has 2 heterocycles. The monoisotopic (exact) mass is 997 g/mol. The van der Waals surface area contributed by atoms with Crippen molar-refractivity contribution in [3.63, 3.8) is 0 Å². The summed E-state index contributed by atoms with van der Waals surface area (Å²) in [5.41, 5.74) is 19.9. The molecule has 1 saturated carbocycles. The molecule has 0 N–H and O–H groups in total. The molecule has 2 fully saturated rings. The molecule has 14 aliphatic rings. The Kier molecular flexibility index (Phi) is 13.0. The first-order chi connectivity index (χ1) is 37.0. The maximum Gasteiger partial charge on any atom is 0.125 e. The molecule has 4 heteroatoms. The fourth-order valence-corrected chi connectivity index (χ4v) is 17.8. The molecule has 0 amide bonds. The van der Waals surface area contributed by atoms with E-state index in [0.717, 1.165) is 56.5 Å². The summed E-state index contributed by atoms with van der Waals surface area (Å²) >= 11 is 0. The predicted molar refractivity (Wildman–Crippen MR) is 307 cm³/mol. The van der Waals surface area contributed by atoms with Gasteiger partial charge < -0.3 is 19.3 Å². The van der Waals surface area contributed by atoms with E-state index in [1.807, 2.05) is 6.08 Å². The van der Waals surface area contributed by atoms with Gasteiger partial charge in [0.15, 0.2) is 0 Å². The normalized spacial score (nSPS) is 35.9. The van der Waals surface area contributed by atoms with Gasteiger partial charge in [-0.05, 0) is 249 Å². The molecule has 1 saturated heterocycles. The Hall–Kier alpha value is -5.22. The van der Waals surface area contributed by atoms with Crippen LogP contribution in [0.1, 0.15) is 173 Å². The van der Waals surface area contributed by atoms with Gasteiger partial charge in [0.2, 0.25) is 0 Å². The molecule has 12 aliphatic carbocycles. The molecule has 0 spiro atoms. The average Bonchev–Trinajstić information content (AvgIpc) is 4.14. The molecule has 0 radical (unpaired) electrons. The highest BCUT2D eigenvalue weighted by Gasteiger charge is 2.54. The van der Waals surface area contributed by atoms with Crippen molar-refractivity contribution in [3.05, 3.63) is 201 Å². The molecule has 8 unspecified atom stereocenters. The van der Waals surface area contributed by atoms with Crippen molar-refractivity contribution < 1.29 is 9.47 Å². The number of likely N-dealkylation sites (tertiary alicyclic amines) is 1. The van der Waals surface area contributed by atoms with E-state index in [-0.39, 0.29) is 11.5 Å². The van der Waals surface area contributed by atoms with E-state index in [9.17, 15) is 0 Å². The van der Waals surface area contributed by atoms with Gasteiger partial charge in [-0.15, -0.1) is 13.2 Å². The fourth-order valence-electron chi connectivity index (χ4n) is 17.8. The van der Waals surface area contributed by atoms with E-state index in [1.54, 1.807) is 67.2 Å². The zero-order valence-corrected chi connectivity index (χ0v) is 45.2. The van der Waals surface area contributed by atoms with Crippen LogP contribution in [-0.2, 0) is 9.47 Å². The Morgan fingerprint density at radius 3 is 2.39 bits per heavy atom. The van der Waals surface area contributed by atoms with E-state index in [1.165, 1.54) is 134 Å². The van der Waals surface area contributed by atoms with Crippen LogP contribution in [0, 0.1) is 35.0 Å². The van der Waals surface area contributed by atoms with Gasteiger partial charge in [0.25, 0.3) is 0 Å². The molecule has 8 atom stereocenters. The molecule has 0 aromatic heterocycles. The molecule has 0 bridgehead atoms. The van der Waals surface area contributed by atoms with E-state index in [2.05, 4.69) is 120 Å². The van der Waals surface area contributed by atoms with Crippen LogP contribution in [0.25, 0.3) is 0 Å². The van der Waals surface area contributed by atoms with Crippen molar-refractivity contribution in [1.29, 1.82) is 0 Å². The number of fused-ring (bicyclic) bond motifs is 6. The van der Waals surface area contributed by atoms with Crippen molar-refractivity contribution in [1.82, 2.24) is 9.80 Å². The predicted octanol–water partition coefficient (Wildman–Crippen LogP) is 17.9. The van der Waals surface area contributed by atoms with Crippen LogP contribution in [0.3, 0.4) is 0 Å². The topological polar surface area (TPSA) is 24.9 Å².